The Hall–Kier alpha value is -2.17. The Bertz CT molecular complexity index is 882. The Kier molecular flexibility index (Phi) is 6.45. The summed E-state index contributed by atoms with van der Waals surface area (Å²) in [5.74, 6) is -0.991. The lowest BCUT2D eigenvalue weighted by atomic mass is 10.2. The zero-order valence-electron chi connectivity index (χ0n) is 14.4. The highest BCUT2D eigenvalue weighted by molar-refractivity contribution is 6.32. The maximum Gasteiger partial charge on any atom is 0.418 e. The molecule has 0 atom stereocenters. The third-order valence-corrected chi connectivity index (χ3v) is 3.95. The van der Waals surface area contributed by atoms with Crippen LogP contribution in [0.25, 0.3) is 5.69 Å². The van der Waals surface area contributed by atoms with Crippen molar-refractivity contribution in [1.82, 2.24) is 9.78 Å². The van der Waals surface area contributed by atoms with Gasteiger partial charge in [-0.2, -0.15) is 23.0 Å². The summed E-state index contributed by atoms with van der Waals surface area (Å²) < 4.78 is 68.7. The van der Waals surface area contributed by atoms with Gasteiger partial charge < -0.3 is 14.2 Å². The zero-order valence-corrected chi connectivity index (χ0v) is 15.2. The number of nitrogens with zero attached hydrogens (tertiary/aromatic N) is 2. The second kappa shape index (κ2) is 8.24. The van der Waals surface area contributed by atoms with Crippen LogP contribution in [-0.4, -0.2) is 36.9 Å². The third kappa shape index (κ3) is 4.57. The van der Waals surface area contributed by atoms with Gasteiger partial charge in [-0.1, -0.05) is 11.6 Å². The molecule has 1 heterocycles. The lowest BCUT2D eigenvalue weighted by Crippen LogP contribution is -2.28. The predicted molar refractivity (Wildman–Crippen MR) is 87.8 cm³/mol. The minimum Gasteiger partial charge on any atom is -0.487 e. The topological polar surface area (TPSA) is 62.6 Å². The summed E-state index contributed by atoms with van der Waals surface area (Å²) in [7, 11) is 2.76. The average molecular weight is 411 g/mol. The van der Waals surface area contributed by atoms with Crippen molar-refractivity contribution in [2.45, 2.75) is 19.4 Å². The Morgan fingerprint density at radius 3 is 2.44 bits per heavy atom. The Morgan fingerprint density at radius 2 is 1.89 bits per heavy atom. The van der Waals surface area contributed by atoms with E-state index in [0.717, 1.165) is 19.1 Å². The van der Waals surface area contributed by atoms with Crippen molar-refractivity contribution >= 4 is 11.6 Å². The van der Waals surface area contributed by atoms with E-state index in [9.17, 15) is 22.4 Å². The number of hydrogen-bond acceptors (Lipinski definition) is 5. The van der Waals surface area contributed by atoms with E-state index < -0.39 is 40.7 Å². The van der Waals surface area contributed by atoms with Gasteiger partial charge in [0.25, 0.3) is 5.56 Å². The molecule has 2 aromatic rings. The first-order valence-electron chi connectivity index (χ1n) is 7.44. The average Bonchev–Trinajstić information content (AvgIpc) is 2.59. The van der Waals surface area contributed by atoms with Crippen molar-refractivity contribution in [3.8, 4) is 11.4 Å². The summed E-state index contributed by atoms with van der Waals surface area (Å²) >= 11 is 5.91. The normalized spacial score (nSPS) is 11.9. The number of hydrogen-bond donors (Lipinski definition) is 0. The van der Waals surface area contributed by atoms with E-state index in [2.05, 4.69) is 5.10 Å². The number of methoxy groups -OCH3 is 2. The van der Waals surface area contributed by atoms with Crippen molar-refractivity contribution in [3.05, 3.63) is 50.7 Å². The first-order valence-corrected chi connectivity index (χ1v) is 7.81. The Balaban J connectivity index is 2.49. The SMILES string of the molecule is COC(COc1cc(-n2ncc(C(F)(F)F)c(C)c2=O)c(F)cc1Cl)OC. The van der Waals surface area contributed by atoms with Gasteiger partial charge in [-0.05, 0) is 13.0 Å². The van der Waals surface area contributed by atoms with Crippen LogP contribution in [0, 0.1) is 12.7 Å². The molecule has 0 N–H and O–H groups in total. The number of halogens is 5. The molecule has 27 heavy (non-hydrogen) atoms. The molecule has 0 amide bonds. The lowest BCUT2D eigenvalue weighted by Gasteiger charge is -2.17. The summed E-state index contributed by atoms with van der Waals surface area (Å²) in [6, 6.07) is 1.92. The molecular formula is C16H15ClF4N2O4. The largest absolute Gasteiger partial charge is 0.487 e. The molecule has 0 aliphatic carbocycles. The standard InChI is InChI=1S/C16H15ClF4N2O4/c1-8-9(16(19,20)21)6-22-23(15(8)24)12-5-13(10(17)4-11(12)18)27-7-14(25-2)26-3/h4-6,14H,7H2,1-3H3. The lowest BCUT2D eigenvalue weighted by molar-refractivity contribution is -0.138. The molecule has 11 heteroatoms. The summed E-state index contributed by atoms with van der Waals surface area (Å²) in [4.78, 5) is 12.3. The van der Waals surface area contributed by atoms with Crippen molar-refractivity contribution < 1.29 is 31.8 Å². The van der Waals surface area contributed by atoms with Gasteiger partial charge in [0.1, 0.15) is 18.0 Å². The minimum atomic E-state index is -4.75. The van der Waals surface area contributed by atoms with Gasteiger partial charge in [0.15, 0.2) is 12.1 Å². The molecule has 0 saturated heterocycles. The molecule has 6 nitrogen and oxygen atoms in total. The highest BCUT2D eigenvalue weighted by Crippen LogP contribution is 2.31. The molecule has 0 spiro atoms. The number of alkyl halides is 3. The minimum absolute atomic E-state index is 0.0292. The maximum absolute atomic E-state index is 14.3. The van der Waals surface area contributed by atoms with Gasteiger partial charge in [0.05, 0.1) is 16.8 Å². The number of rotatable bonds is 6. The van der Waals surface area contributed by atoms with E-state index >= 15 is 0 Å². The molecule has 0 radical (unpaired) electrons. The van der Waals surface area contributed by atoms with Crippen LogP contribution < -0.4 is 10.3 Å². The summed E-state index contributed by atoms with van der Waals surface area (Å²) in [5, 5.41) is 3.32. The van der Waals surface area contributed by atoms with Crippen molar-refractivity contribution in [2.75, 3.05) is 20.8 Å². The van der Waals surface area contributed by atoms with E-state index in [-0.39, 0.29) is 17.4 Å². The van der Waals surface area contributed by atoms with E-state index in [1.165, 1.54) is 14.2 Å². The molecule has 0 fully saturated rings. The van der Waals surface area contributed by atoms with E-state index in [0.29, 0.717) is 10.9 Å². The van der Waals surface area contributed by atoms with Crippen LogP contribution in [0.1, 0.15) is 11.1 Å². The Labute approximate surface area is 156 Å². The summed E-state index contributed by atoms with van der Waals surface area (Å²) in [6.07, 6.45) is -5.03. The monoisotopic (exact) mass is 410 g/mol. The fraction of sp³-hybridized carbons (Fsp3) is 0.375. The van der Waals surface area contributed by atoms with Crippen molar-refractivity contribution in [1.29, 1.82) is 0 Å². The molecular weight excluding hydrogens is 396 g/mol. The van der Waals surface area contributed by atoms with Crippen LogP contribution >= 0.6 is 11.6 Å². The van der Waals surface area contributed by atoms with Crippen LogP contribution in [0.15, 0.2) is 23.1 Å². The van der Waals surface area contributed by atoms with E-state index in [1.807, 2.05) is 0 Å². The number of ether oxygens (including phenoxy) is 3. The molecule has 0 unspecified atom stereocenters. The van der Waals surface area contributed by atoms with Gasteiger partial charge in [-0.3, -0.25) is 4.79 Å². The summed E-state index contributed by atoms with van der Waals surface area (Å²) in [6.45, 7) is 0.877. The third-order valence-electron chi connectivity index (χ3n) is 3.66. The van der Waals surface area contributed by atoms with Crippen molar-refractivity contribution in [3.63, 3.8) is 0 Å². The van der Waals surface area contributed by atoms with Crippen LogP contribution in [0.5, 0.6) is 5.75 Å². The van der Waals surface area contributed by atoms with Gasteiger partial charge in [-0.25, -0.2) is 4.39 Å². The van der Waals surface area contributed by atoms with E-state index in [4.69, 9.17) is 25.8 Å². The second-order valence-corrected chi connectivity index (χ2v) is 5.75. The molecule has 0 aliphatic rings. The number of aromatic nitrogens is 2. The fourth-order valence-corrected chi connectivity index (χ4v) is 2.38. The molecule has 0 bridgehead atoms. The predicted octanol–water partition coefficient (Wildman–Crippen LogP) is 3.35. The van der Waals surface area contributed by atoms with E-state index in [1.54, 1.807) is 0 Å². The molecule has 1 aromatic heterocycles. The molecule has 0 saturated carbocycles. The van der Waals surface area contributed by atoms with Crippen LogP contribution in [0.3, 0.4) is 0 Å². The maximum atomic E-state index is 14.3. The molecule has 148 valence electrons. The van der Waals surface area contributed by atoms with Crippen LogP contribution in [0.2, 0.25) is 5.02 Å². The first kappa shape index (κ1) is 21.1. The molecule has 2 rings (SSSR count). The highest BCUT2D eigenvalue weighted by Gasteiger charge is 2.34. The van der Waals surface area contributed by atoms with Gasteiger partial charge in [0.2, 0.25) is 0 Å². The van der Waals surface area contributed by atoms with Crippen LogP contribution in [-0.2, 0) is 15.7 Å². The first-order chi connectivity index (χ1) is 12.6. The zero-order chi connectivity index (χ0) is 20.4. The Morgan fingerprint density at radius 1 is 1.26 bits per heavy atom. The van der Waals surface area contributed by atoms with Crippen molar-refractivity contribution in [2.24, 2.45) is 0 Å². The highest BCUT2D eigenvalue weighted by atomic mass is 35.5. The fourth-order valence-electron chi connectivity index (χ4n) is 2.18. The molecule has 0 aliphatic heterocycles. The van der Waals surface area contributed by atoms with Crippen LogP contribution in [0.4, 0.5) is 17.6 Å². The van der Waals surface area contributed by atoms with Gasteiger partial charge in [0, 0.05) is 25.8 Å². The second-order valence-electron chi connectivity index (χ2n) is 5.34. The number of benzene rings is 1. The van der Waals surface area contributed by atoms with Gasteiger partial charge in [-0.15, -0.1) is 0 Å². The quantitative estimate of drug-likeness (QED) is 0.540. The molecule has 1 aromatic carbocycles. The summed E-state index contributed by atoms with van der Waals surface area (Å²) in [5.41, 5.74) is -3.35. The van der Waals surface area contributed by atoms with Gasteiger partial charge >= 0.3 is 6.18 Å². The smallest absolute Gasteiger partial charge is 0.418 e.